The van der Waals surface area contributed by atoms with E-state index in [2.05, 4.69) is 20.9 Å². The smallest absolute Gasteiger partial charge is 0.475 e. The summed E-state index contributed by atoms with van der Waals surface area (Å²) in [5.74, 6) is -3.44. The monoisotopic (exact) mass is 408 g/mol. The van der Waals surface area contributed by atoms with Crippen LogP contribution < -0.4 is 21.7 Å². The summed E-state index contributed by atoms with van der Waals surface area (Å²) in [5, 5.41) is 24.5. The van der Waals surface area contributed by atoms with Gasteiger partial charge in [-0.05, 0) is 12.1 Å². The molecule has 0 radical (unpaired) electrons. The van der Waals surface area contributed by atoms with Gasteiger partial charge in [0.05, 0.1) is 4.92 Å². The molecule has 0 bridgehead atoms. The first-order chi connectivity index (χ1) is 12.9. The lowest BCUT2D eigenvalue weighted by Gasteiger charge is -2.04. The number of nitro benzene ring substituents is 1. The number of carboxylic acid groups (broad SMARTS) is 1. The van der Waals surface area contributed by atoms with Crippen LogP contribution in [0.15, 0.2) is 29.3 Å². The minimum atomic E-state index is -5.08. The SMILES string of the molecule is CNC(=O)NC(N)=NCC(=O)Nc1ccc([N+](=O)[O-])cc1.O=C(O)C(F)(F)F. The molecule has 0 aliphatic heterocycles. The van der Waals surface area contributed by atoms with Crippen LogP contribution in [0.2, 0.25) is 0 Å². The van der Waals surface area contributed by atoms with E-state index in [4.69, 9.17) is 15.6 Å². The standard InChI is InChI=1S/C11H14N6O4.C2HF3O2/c1-13-11(19)16-10(12)14-6-9(18)15-7-2-4-8(5-3-7)17(20)21;3-2(4,5)1(6)7/h2-5H,6H2,1H3,(H,15,18)(H4,12,13,14,16,19);(H,6,7). The van der Waals surface area contributed by atoms with Crippen LogP contribution in [0.3, 0.4) is 0 Å². The summed E-state index contributed by atoms with van der Waals surface area (Å²) >= 11 is 0. The number of carboxylic acids is 1. The van der Waals surface area contributed by atoms with Gasteiger partial charge in [0.15, 0.2) is 5.96 Å². The molecule has 1 rings (SSSR count). The molecule has 12 nitrogen and oxygen atoms in total. The first kappa shape index (κ1) is 24.1. The van der Waals surface area contributed by atoms with Crippen LogP contribution in [-0.4, -0.2) is 53.7 Å². The summed E-state index contributed by atoms with van der Waals surface area (Å²) in [7, 11) is 1.41. The average Bonchev–Trinajstić information content (AvgIpc) is 2.60. The molecule has 1 aromatic rings. The van der Waals surface area contributed by atoms with Crippen LogP contribution in [-0.2, 0) is 9.59 Å². The van der Waals surface area contributed by atoms with Crippen LogP contribution >= 0.6 is 0 Å². The number of hydrogen-bond acceptors (Lipinski definition) is 6. The Balaban J connectivity index is 0.000000887. The number of hydrogen-bond donors (Lipinski definition) is 5. The summed E-state index contributed by atoms with van der Waals surface area (Å²) in [4.78, 5) is 44.9. The molecule has 0 aromatic heterocycles. The zero-order valence-electron chi connectivity index (χ0n) is 14.1. The quantitative estimate of drug-likeness (QED) is 0.206. The van der Waals surface area contributed by atoms with Crippen molar-refractivity contribution in [3.63, 3.8) is 0 Å². The number of amides is 3. The lowest BCUT2D eigenvalue weighted by Crippen LogP contribution is -2.42. The van der Waals surface area contributed by atoms with E-state index in [0.717, 1.165) is 0 Å². The largest absolute Gasteiger partial charge is 0.490 e. The van der Waals surface area contributed by atoms with Crippen molar-refractivity contribution in [3.05, 3.63) is 34.4 Å². The molecule has 0 saturated carbocycles. The Hall–Kier alpha value is -3.91. The molecule has 0 atom stereocenters. The number of nitrogens with two attached hydrogens (primary N) is 1. The molecule has 3 amide bonds. The second-order valence-electron chi connectivity index (χ2n) is 4.56. The molecule has 0 heterocycles. The number of carbonyl (C=O) groups is 3. The predicted molar refractivity (Wildman–Crippen MR) is 89.5 cm³/mol. The number of aliphatic carboxylic acids is 1. The van der Waals surface area contributed by atoms with E-state index in [9.17, 15) is 32.9 Å². The van der Waals surface area contributed by atoms with Gasteiger partial charge < -0.3 is 21.5 Å². The molecule has 0 saturated heterocycles. The number of carbonyl (C=O) groups excluding carboxylic acids is 2. The molecule has 0 unspecified atom stereocenters. The number of nitro groups is 1. The number of benzene rings is 1. The maximum atomic E-state index is 11.6. The average molecular weight is 408 g/mol. The van der Waals surface area contributed by atoms with Gasteiger partial charge in [0.1, 0.15) is 6.54 Å². The number of alkyl halides is 3. The van der Waals surface area contributed by atoms with E-state index >= 15 is 0 Å². The van der Waals surface area contributed by atoms with Crippen molar-refractivity contribution in [1.29, 1.82) is 0 Å². The fourth-order valence-electron chi connectivity index (χ4n) is 1.24. The van der Waals surface area contributed by atoms with E-state index in [1.165, 1.54) is 31.3 Å². The highest BCUT2D eigenvalue weighted by Gasteiger charge is 2.38. The summed E-state index contributed by atoms with van der Waals surface area (Å²) in [6.45, 7) is -0.299. The van der Waals surface area contributed by atoms with Gasteiger partial charge in [-0.15, -0.1) is 0 Å². The Morgan fingerprint density at radius 1 is 1.25 bits per heavy atom. The van der Waals surface area contributed by atoms with E-state index in [1.807, 2.05) is 0 Å². The fraction of sp³-hybridized carbons (Fsp3) is 0.231. The predicted octanol–water partition coefficient (Wildman–Crippen LogP) is 0.410. The Bertz CT molecular complexity index is 750. The minimum absolute atomic E-state index is 0.0787. The number of nitrogens with one attached hydrogen (secondary N) is 3. The van der Waals surface area contributed by atoms with E-state index in [-0.39, 0.29) is 18.2 Å². The van der Waals surface area contributed by atoms with Gasteiger partial charge in [-0.25, -0.2) is 14.6 Å². The second-order valence-corrected chi connectivity index (χ2v) is 4.56. The molecular formula is C13H15F3N6O6. The van der Waals surface area contributed by atoms with Gasteiger partial charge in [0.2, 0.25) is 5.91 Å². The van der Waals surface area contributed by atoms with Crippen molar-refractivity contribution in [2.45, 2.75) is 6.18 Å². The summed E-state index contributed by atoms with van der Waals surface area (Å²) < 4.78 is 31.7. The molecule has 0 aliphatic rings. The van der Waals surface area contributed by atoms with Crippen LogP contribution in [0.5, 0.6) is 0 Å². The number of rotatable bonds is 4. The van der Waals surface area contributed by atoms with Crippen molar-refractivity contribution in [3.8, 4) is 0 Å². The van der Waals surface area contributed by atoms with E-state index < -0.39 is 29.0 Å². The molecule has 0 spiro atoms. The Labute approximate surface area is 154 Å². The van der Waals surface area contributed by atoms with Gasteiger partial charge in [0.25, 0.3) is 5.69 Å². The Morgan fingerprint density at radius 3 is 2.14 bits per heavy atom. The second kappa shape index (κ2) is 10.9. The lowest BCUT2D eigenvalue weighted by molar-refractivity contribution is -0.384. The van der Waals surface area contributed by atoms with Crippen LogP contribution in [0.25, 0.3) is 0 Å². The molecule has 6 N–H and O–H groups in total. The van der Waals surface area contributed by atoms with Crippen molar-refractivity contribution < 1.29 is 37.6 Å². The third kappa shape index (κ3) is 10.2. The van der Waals surface area contributed by atoms with Crippen molar-refractivity contribution in [1.82, 2.24) is 10.6 Å². The number of guanidine groups is 1. The van der Waals surface area contributed by atoms with E-state index in [1.54, 1.807) is 0 Å². The number of urea groups is 1. The first-order valence-electron chi connectivity index (χ1n) is 7.00. The molecule has 0 fully saturated rings. The molecule has 28 heavy (non-hydrogen) atoms. The number of nitrogens with zero attached hydrogens (tertiary/aromatic N) is 2. The maximum absolute atomic E-state index is 11.6. The fourth-order valence-corrected chi connectivity index (χ4v) is 1.24. The topological polar surface area (TPSA) is 189 Å². The third-order valence-electron chi connectivity index (χ3n) is 2.47. The van der Waals surface area contributed by atoms with Crippen molar-refractivity contribution >= 4 is 35.2 Å². The highest BCUT2D eigenvalue weighted by atomic mass is 19.4. The Morgan fingerprint density at radius 2 is 1.75 bits per heavy atom. The van der Waals surface area contributed by atoms with Crippen LogP contribution in [0.1, 0.15) is 0 Å². The van der Waals surface area contributed by atoms with Gasteiger partial charge >= 0.3 is 18.2 Å². The lowest BCUT2D eigenvalue weighted by atomic mass is 10.3. The molecule has 1 aromatic carbocycles. The van der Waals surface area contributed by atoms with Crippen LogP contribution in [0, 0.1) is 10.1 Å². The van der Waals surface area contributed by atoms with Gasteiger partial charge in [0, 0.05) is 24.9 Å². The number of anilines is 1. The number of non-ortho nitro benzene ring substituents is 1. The molecule has 15 heteroatoms. The van der Waals surface area contributed by atoms with E-state index in [0.29, 0.717) is 5.69 Å². The number of aliphatic imine (C=N–C) groups is 1. The van der Waals surface area contributed by atoms with Gasteiger partial charge in [-0.2, -0.15) is 13.2 Å². The van der Waals surface area contributed by atoms with Gasteiger partial charge in [-0.1, -0.05) is 0 Å². The summed E-state index contributed by atoms with van der Waals surface area (Å²) in [6, 6.07) is 4.77. The van der Waals surface area contributed by atoms with Crippen molar-refractivity contribution in [2.24, 2.45) is 10.7 Å². The Kier molecular flexibility index (Phi) is 9.41. The maximum Gasteiger partial charge on any atom is 0.490 e. The van der Waals surface area contributed by atoms with Crippen molar-refractivity contribution in [2.75, 3.05) is 18.9 Å². The molecule has 0 aliphatic carbocycles. The first-order valence-corrected chi connectivity index (χ1v) is 7.00. The zero-order chi connectivity index (χ0) is 21.9. The summed E-state index contributed by atoms with van der Waals surface area (Å²) in [6.07, 6.45) is -5.08. The van der Waals surface area contributed by atoms with Gasteiger partial charge in [-0.3, -0.25) is 20.2 Å². The molecule has 154 valence electrons. The normalized spacial score (nSPS) is 10.8. The molecular weight excluding hydrogens is 393 g/mol. The van der Waals surface area contributed by atoms with Crippen LogP contribution in [0.4, 0.5) is 29.3 Å². The summed E-state index contributed by atoms with van der Waals surface area (Å²) in [5.41, 5.74) is 5.68. The third-order valence-corrected chi connectivity index (χ3v) is 2.47. The highest BCUT2D eigenvalue weighted by Crippen LogP contribution is 2.15. The number of halogens is 3. The minimum Gasteiger partial charge on any atom is -0.475 e. The highest BCUT2D eigenvalue weighted by molar-refractivity contribution is 5.98. The zero-order valence-corrected chi connectivity index (χ0v) is 14.1.